The fraction of sp³-hybridized carbons (Fsp3) is 0. The Balaban J connectivity index is 1.76. The first kappa shape index (κ1) is 19.7. The first-order valence-corrected chi connectivity index (χ1v) is 10.8. The van der Waals surface area contributed by atoms with Gasteiger partial charge in [-0.15, -0.1) is 0 Å². The molecule has 0 saturated carbocycles. The summed E-state index contributed by atoms with van der Waals surface area (Å²) in [5.41, 5.74) is 14.7. The van der Waals surface area contributed by atoms with Crippen molar-refractivity contribution in [3.63, 3.8) is 0 Å². The average molecular weight is 413 g/mol. The zero-order chi connectivity index (χ0) is 21.8. The topological polar surface area (TPSA) is 29.3 Å². The fourth-order valence-corrected chi connectivity index (χ4v) is 4.01. The highest BCUT2D eigenvalue weighted by atomic mass is 15.1. The Bertz CT molecular complexity index is 1260. The summed E-state index contributed by atoms with van der Waals surface area (Å²) in [5, 5.41) is 0. The first-order chi connectivity index (χ1) is 15.8. The minimum Gasteiger partial charge on any atom is -0.399 e. The molecule has 0 amide bonds. The zero-order valence-electron chi connectivity index (χ0n) is 17.7. The number of nitrogen functional groups attached to an aromatic ring is 1. The van der Waals surface area contributed by atoms with E-state index in [1.165, 1.54) is 11.1 Å². The fourth-order valence-electron chi connectivity index (χ4n) is 4.01. The maximum Gasteiger partial charge on any atom is 0.0546 e. The monoisotopic (exact) mass is 412 g/mol. The second kappa shape index (κ2) is 8.83. The summed E-state index contributed by atoms with van der Waals surface area (Å²) >= 11 is 0. The maximum atomic E-state index is 5.93. The van der Waals surface area contributed by atoms with E-state index < -0.39 is 0 Å². The van der Waals surface area contributed by atoms with E-state index in [4.69, 9.17) is 5.73 Å². The third-order valence-corrected chi connectivity index (χ3v) is 5.60. The molecule has 0 unspecified atom stereocenters. The van der Waals surface area contributed by atoms with E-state index in [1.54, 1.807) is 0 Å². The highest BCUT2D eigenvalue weighted by Gasteiger charge is 2.18. The van der Waals surface area contributed by atoms with Crippen molar-refractivity contribution in [2.75, 3.05) is 10.6 Å². The second-order valence-corrected chi connectivity index (χ2v) is 7.73. The number of nitrogens with zero attached hydrogens (tertiary/aromatic N) is 1. The van der Waals surface area contributed by atoms with Crippen molar-refractivity contribution in [1.29, 1.82) is 0 Å². The molecule has 5 aromatic carbocycles. The molecule has 0 aliphatic carbocycles. The second-order valence-electron chi connectivity index (χ2n) is 7.73. The minimum atomic E-state index is 0.769. The van der Waals surface area contributed by atoms with Gasteiger partial charge in [0.2, 0.25) is 0 Å². The van der Waals surface area contributed by atoms with Crippen LogP contribution in [0.3, 0.4) is 0 Å². The van der Waals surface area contributed by atoms with Gasteiger partial charge in [-0.3, -0.25) is 0 Å². The number of nitrogens with two attached hydrogens (primary N) is 1. The average Bonchev–Trinajstić information content (AvgIpc) is 2.87. The van der Waals surface area contributed by atoms with E-state index in [9.17, 15) is 0 Å². The quantitative estimate of drug-likeness (QED) is 0.296. The van der Waals surface area contributed by atoms with Crippen LogP contribution in [0.2, 0.25) is 0 Å². The third kappa shape index (κ3) is 3.99. The summed E-state index contributed by atoms with van der Waals surface area (Å²) in [4.78, 5) is 2.32. The van der Waals surface area contributed by atoms with Crippen LogP contribution in [0.25, 0.3) is 22.3 Å². The standard InChI is InChI=1S/C30H24N2/c31-26-19-16-23(17-20-26)25-18-21-29(24-10-4-1-5-11-24)30(22-25)32(27-12-6-2-7-13-27)28-14-8-3-9-15-28/h1-22H,31H2. The molecule has 0 aliphatic heterocycles. The normalized spacial score (nSPS) is 10.6. The van der Waals surface area contributed by atoms with Crippen molar-refractivity contribution in [2.24, 2.45) is 0 Å². The maximum absolute atomic E-state index is 5.93. The largest absolute Gasteiger partial charge is 0.399 e. The number of anilines is 4. The van der Waals surface area contributed by atoms with E-state index in [-0.39, 0.29) is 0 Å². The van der Waals surface area contributed by atoms with Gasteiger partial charge in [0.05, 0.1) is 5.69 Å². The van der Waals surface area contributed by atoms with Crippen LogP contribution in [0.4, 0.5) is 22.7 Å². The molecule has 0 radical (unpaired) electrons. The van der Waals surface area contributed by atoms with Crippen LogP contribution in [-0.2, 0) is 0 Å². The lowest BCUT2D eigenvalue weighted by Gasteiger charge is -2.28. The third-order valence-electron chi connectivity index (χ3n) is 5.60. The van der Waals surface area contributed by atoms with E-state index in [0.717, 1.165) is 33.9 Å². The highest BCUT2D eigenvalue weighted by molar-refractivity contribution is 5.90. The Labute approximate surface area is 189 Å². The lowest BCUT2D eigenvalue weighted by molar-refractivity contribution is 1.28. The first-order valence-electron chi connectivity index (χ1n) is 10.8. The summed E-state index contributed by atoms with van der Waals surface area (Å²) in [5.74, 6) is 0. The van der Waals surface area contributed by atoms with Crippen LogP contribution in [-0.4, -0.2) is 0 Å². The molecule has 5 rings (SSSR count). The molecule has 0 saturated heterocycles. The summed E-state index contributed by atoms with van der Waals surface area (Å²) in [6.07, 6.45) is 0. The molecule has 0 heterocycles. The highest BCUT2D eigenvalue weighted by Crippen LogP contribution is 2.42. The molecule has 32 heavy (non-hydrogen) atoms. The van der Waals surface area contributed by atoms with Gasteiger partial charge in [0.15, 0.2) is 0 Å². The van der Waals surface area contributed by atoms with Crippen LogP contribution < -0.4 is 10.6 Å². The van der Waals surface area contributed by atoms with Gasteiger partial charge in [-0.1, -0.05) is 91.0 Å². The van der Waals surface area contributed by atoms with Gasteiger partial charge >= 0.3 is 0 Å². The molecule has 0 aromatic heterocycles. The van der Waals surface area contributed by atoms with Gasteiger partial charge in [-0.25, -0.2) is 0 Å². The molecule has 2 N–H and O–H groups in total. The molecule has 2 nitrogen and oxygen atoms in total. The van der Waals surface area contributed by atoms with E-state index in [1.807, 2.05) is 12.1 Å². The molecular formula is C30H24N2. The number of rotatable bonds is 5. The molecular weight excluding hydrogens is 388 g/mol. The molecule has 2 heteroatoms. The van der Waals surface area contributed by atoms with Crippen molar-refractivity contribution in [3.05, 3.63) is 133 Å². The Morgan fingerprint density at radius 3 is 1.50 bits per heavy atom. The smallest absolute Gasteiger partial charge is 0.0546 e. The van der Waals surface area contributed by atoms with Crippen molar-refractivity contribution < 1.29 is 0 Å². The predicted molar refractivity (Wildman–Crippen MR) is 136 cm³/mol. The number of hydrogen-bond acceptors (Lipinski definition) is 2. The summed E-state index contributed by atoms with van der Waals surface area (Å²) in [6, 6.07) is 46.3. The Kier molecular flexibility index (Phi) is 5.42. The van der Waals surface area contributed by atoms with Crippen LogP contribution >= 0.6 is 0 Å². The van der Waals surface area contributed by atoms with E-state index in [0.29, 0.717) is 0 Å². The van der Waals surface area contributed by atoms with Gasteiger partial charge in [0.1, 0.15) is 0 Å². The summed E-state index contributed by atoms with van der Waals surface area (Å²) < 4.78 is 0. The van der Waals surface area contributed by atoms with Crippen molar-refractivity contribution in [2.45, 2.75) is 0 Å². The van der Waals surface area contributed by atoms with Crippen LogP contribution in [0.15, 0.2) is 133 Å². The van der Waals surface area contributed by atoms with Gasteiger partial charge < -0.3 is 10.6 Å². The van der Waals surface area contributed by atoms with Crippen molar-refractivity contribution in [3.8, 4) is 22.3 Å². The molecule has 0 atom stereocenters. The molecule has 154 valence electrons. The lowest BCUT2D eigenvalue weighted by Crippen LogP contribution is -2.11. The molecule has 0 fully saturated rings. The van der Waals surface area contributed by atoms with E-state index >= 15 is 0 Å². The van der Waals surface area contributed by atoms with Crippen LogP contribution in [0.1, 0.15) is 0 Å². The lowest BCUT2D eigenvalue weighted by atomic mass is 9.96. The zero-order valence-corrected chi connectivity index (χ0v) is 17.7. The van der Waals surface area contributed by atoms with Crippen molar-refractivity contribution in [1.82, 2.24) is 0 Å². The van der Waals surface area contributed by atoms with Gasteiger partial charge in [-0.05, 0) is 59.2 Å². The molecule has 0 spiro atoms. The van der Waals surface area contributed by atoms with Gasteiger partial charge in [0.25, 0.3) is 0 Å². The molecule has 5 aromatic rings. The van der Waals surface area contributed by atoms with E-state index in [2.05, 4.69) is 126 Å². The van der Waals surface area contributed by atoms with Gasteiger partial charge in [-0.2, -0.15) is 0 Å². The number of para-hydroxylation sites is 2. The van der Waals surface area contributed by atoms with Crippen LogP contribution in [0.5, 0.6) is 0 Å². The Morgan fingerprint density at radius 2 is 0.938 bits per heavy atom. The minimum absolute atomic E-state index is 0.769. The van der Waals surface area contributed by atoms with Gasteiger partial charge in [0, 0.05) is 22.6 Å². The van der Waals surface area contributed by atoms with Crippen molar-refractivity contribution >= 4 is 22.7 Å². The SMILES string of the molecule is Nc1ccc(-c2ccc(-c3ccccc3)c(N(c3ccccc3)c3ccccc3)c2)cc1. The Hall–Kier alpha value is -4.30. The number of hydrogen-bond donors (Lipinski definition) is 1. The summed E-state index contributed by atoms with van der Waals surface area (Å²) in [6.45, 7) is 0. The Morgan fingerprint density at radius 1 is 0.438 bits per heavy atom. The summed E-state index contributed by atoms with van der Waals surface area (Å²) in [7, 11) is 0. The number of benzene rings is 5. The molecule has 0 aliphatic rings. The molecule has 0 bridgehead atoms. The van der Waals surface area contributed by atoms with Crippen LogP contribution in [0, 0.1) is 0 Å². The predicted octanol–water partition coefficient (Wildman–Crippen LogP) is 8.07.